The standard InChI is InChI=1S/C6H13N3O2S/c1-4-8-12(10,11)9-6(2,3)5-7/h8-9H,4H2,1-3H3. The Morgan fingerprint density at radius 3 is 2.33 bits per heavy atom. The fraction of sp³-hybridized carbons (Fsp3) is 0.833. The van der Waals surface area contributed by atoms with Crippen molar-refractivity contribution in [1.82, 2.24) is 9.44 Å². The van der Waals surface area contributed by atoms with Crippen LogP contribution >= 0.6 is 0 Å². The van der Waals surface area contributed by atoms with Gasteiger partial charge in [-0.25, -0.2) is 4.72 Å². The molecule has 2 N–H and O–H groups in total. The van der Waals surface area contributed by atoms with Gasteiger partial charge in [-0.1, -0.05) is 6.92 Å². The molecule has 5 nitrogen and oxygen atoms in total. The van der Waals surface area contributed by atoms with Gasteiger partial charge in [-0.2, -0.15) is 18.4 Å². The second kappa shape index (κ2) is 3.85. The van der Waals surface area contributed by atoms with Crippen LogP contribution in [0.15, 0.2) is 0 Å². The van der Waals surface area contributed by atoms with Crippen LogP contribution in [-0.4, -0.2) is 20.5 Å². The first-order chi connectivity index (χ1) is 5.33. The lowest BCUT2D eigenvalue weighted by Gasteiger charge is -2.16. The average molecular weight is 191 g/mol. The van der Waals surface area contributed by atoms with Gasteiger partial charge in [-0.05, 0) is 13.8 Å². The van der Waals surface area contributed by atoms with E-state index >= 15 is 0 Å². The van der Waals surface area contributed by atoms with E-state index in [-0.39, 0.29) is 0 Å². The van der Waals surface area contributed by atoms with Gasteiger partial charge in [0.1, 0.15) is 5.54 Å². The lowest BCUT2D eigenvalue weighted by molar-refractivity contribution is 0.525. The molecule has 0 rings (SSSR count). The fourth-order valence-electron chi connectivity index (χ4n) is 0.585. The number of rotatable bonds is 4. The highest BCUT2D eigenvalue weighted by Gasteiger charge is 2.23. The van der Waals surface area contributed by atoms with Gasteiger partial charge in [0.05, 0.1) is 6.07 Å². The predicted molar refractivity (Wildman–Crippen MR) is 45.4 cm³/mol. The maximum absolute atomic E-state index is 11.0. The molecule has 0 saturated carbocycles. The molecule has 0 bridgehead atoms. The largest absolute Gasteiger partial charge is 0.278 e. The molecule has 70 valence electrons. The maximum Gasteiger partial charge on any atom is 0.278 e. The van der Waals surface area contributed by atoms with Crippen LogP contribution in [-0.2, 0) is 10.2 Å². The van der Waals surface area contributed by atoms with E-state index in [1.165, 1.54) is 13.8 Å². The van der Waals surface area contributed by atoms with Crippen molar-refractivity contribution in [2.45, 2.75) is 26.3 Å². The topological polar surface area (TPSA) is 82.0 Å². The molecule has 0 aromatic carbocycles. The number of nitriles is 1. The fourth-order valence-corrected chi connectivity index (χ4v) is 1.75. The van der Waals surface area contributed by atoms with Gasteiger partial charge >= 0.3 is 0 Å². The van der Waals surface area contributed by atoms with E-state index < -0.39 is 15.7 Å². The third kappa shape index (κ3) is 4.28. The van der Waals surface area contributed by atoms with Crippen molar-refractivity contribution in [2.75, 3.05) is 6.54 Å². The van der Waals surface area contributed by atoms with Gasteiger partial charge in [-0.3, -0.25) is 0 Å². The number of hydrogen-bond donors (Lipinski definition) is 2. The summed E-state index contributed by atoms with van der Waals surface area (Å²) >= 11 is 0. The summed E-state index contributed by atoms with van der Waals surface area (Å²) in [7, 11) is -3.52. The Morgan fingerprint density at radius 2 is 2.00 bits per heavy atom. The van der Waals surface area contributed by atoms with E-state index in [0.717, 1.165) is 0 Å². The zero-order valence-corrected chi connectivity index (χ0v) is 8.20. The number of hydrogen-bond acceptors (Lipinski definition) is 3. The van der Waals surface area contributed by atoms with Crippen molar-refractivity contribution in [3.05, 3.63) is 0 Å². The molecule has 0 amide bonds. The van der Waals surface area contributed by atoms with Crippen molar-refractivity contribution in [1.29, 1.82) is 5.26 Å². The van der Waals surface area contributed by atoms with Crippen LogP contribution in [0.5, 0.6) is 0 Å². The summed E-state index contributed by atoms with van der Waals surface area (Å²) in [4.78, 5) is 0. The zero-order chi connectivity index (χ0) is 9.83. The average Bonchev–Trinajstić information content (AvgIpc) is 1.85. The molecule has 6 heteroatoms. The van der Waals surface area contributed by atoms with Gasteiger partial charge in [-0.15, -0.1) is 0 Å². The van der Waals surface area contributed by atoms with Crippen LogP contribution < -0.4 is 9.44 Å². The molecule has 0 spiro atoms. The van der Waals surface area contributed by atoms with Crippen molar-refractivity contribution in [3.8, 4) is 6.07 Å². The molecule has 0 fully saturated rings. The summed E-state index contributed by atoms with van der Waals surface area (Å²) < 4.78 is 26.5. The van der Waals surface area contributed by atoms with Crippen LogP contribution in [0.2, 0.25) is 0 Å². The smallest absolute Gasteiger partial charge is 0.203 e. The monoisotopic (exact) mass is 191 g/mol. The van der Waals surface area contributed by atoms with Crippen LogP contribution in [0.25, 0.3) is 0 Å². The summed E-state index contributed by atoms with van der Waals surface area (Å²) in [5.74, 6) is 0. The highest BCUT2D eigenvalue weighted by molar-refractivity contribution is 7.87. The third-order valence-corrected chi connectivity index (χ3v) is 2.45. The highest BCUT2D eigenvalue weighted by atomic mass is 32.2. The van der Waals surface area contributed by atoms with Gasteiger partial charge in [0.25, 0.3) is 10.2 Å². The molecule has 12 heavy (non-hydrogen) atoms. The summed E-state index contributed by atoms with van der Waals surface area (Å²) in [6.45, 7) is 4.94. The van der Waals surface area contributed by atoms with E-state index in [2.05, 4.69) is 9.44 Å². The first-order valence-corrected chi connectivity index (χ1v) is 5.01. The summed E-state index contributed by atoms with van der Waals surface area (Å²) in [6.07, 6.45) is 0. The van der Waals surface area contributed by atoms with Crippen molar-refractivity contribution in [2.24, 2.45) is 0 Å². The maximum atomic E-state index is 11.0. The molecule has 0 unspecified atom stereocenters. The second-order valence-electron chi connectivity index (χ2n) is 2.84. The Labute approximate surface area is 73.0 Å². The van der Waals surface area contributed by atoms with E-state index in [1.54, 1.807) is 6.92 Å². The highest BCUT2D eigenvalue weighted by Crippen LogP contribution is 2.00. The zero-order valence-electron chi connectivity index (χ0n) is 7.38. The van der Waals surface area contributed by atoms with Crippen molar-refractivity contribution >= 4 is 10.2 Å². The van der Waals surface area contributed by atoms with E-state index in [4.69, 9.17) is 5.26 Å². The lowest BCUT2D eigenvalue weighted by Crippen LogP contribution is -2.47. The predicted octanol–water partition coefficient (Wildman–Crippen LogP) is -0.268. The van der Waals surface area contributed by atoms with Gasteiger partial charge in [0, 0.05) is 6.54 Å². The molecule has 0 saturated heterocycles. The Balaban J connectivity index is 4.38. The minimum atomic E-state index is -3.52. The SMILES string of the molecule is CCNS(=O)(=O)NC(C)(C)C#N. The molecule has 0 aliphatic rings. The Morgan fingerprint density at radius 1 is 1.50 bits per heavy atom. The Kier molecular flexibility index (Phi) is 3.64. The van der Waals surface area contributed by atoms with E-state index in [9.17, 15) is 8.42 Å². The van der Waals surface area contributed by atoms with Gasteiger partial charge < -0.3 is 0 Å². The quantitative estimate of drug-likeness (QED) is 0.642. The minimum absolute atomic E-state index is 0.302. The van der Waals surface area contributed by atoms with Crippen molar-refractivity contribution < 1.29 is 8.42 Å². The first kappa shape index (κ1) is 11.4. The molecule has 0 radical (unpaired) electrons. The van der Waals surface area contributed by atoms with Crippen molar-refractivity contribution in [3.63, 3.8) is 0 Å². The summed E-state index contributed by atoms with van der Waals surface area (Å²) in [5.41, 5.74) is -1.07. The Hall–Kier alpha value is -0.640. The molecule has 0 aromatic rings. The number of nitrogens with zero attached hydrogens (tertiary/aromatic N) is 1. The van der Waals surface area contributed by atoms with E-state index in [0.29, 0.717) is 6.54 Å². The molecular formula is C6H13N3O2S. The van der Waals surface area contributed by atoms with Gasteiger partial charge in [0.2, 0.25) is 0 Å². The van der Waals surface area contributed by atoms with E-state index in [1.807, 2.05) is 6.07 Å². The van der Waals surface area contributed by atoms with Crippen LogP contribution in [0.1, 0.15) is 20.8 Å². The first-order valence-electron chi connectivity index (χ1n) is 3.53. The molecule has 0 aliphatic heterocycles. The summed E-state index contributed by atoms with van der Waals surface area (Å²) in [5, 5.41) is 8.52. The third-order valence-electron chi connectivity index (χ3n) is 1.00. The summed E-state index contributed by atoms with van der Waals surface area (Å²) in [6, 6.07) is 1.83. The van der Waals surface area contributed by atoms with Crippen LogP contribution in [0.3, 0.4) is 0 Å². The molecule has 0 aliphatic carbocycles. The van der Waals surface area contributed by atoms with Crippen LogP contribution in [0.4, 0.5) is 0 Å². The second-order valence-corrected chi connectivity index (χ2v) is 4.34. The lowest BCUT2D eigenvalue weighted by atomic mass is 10.1. The molecule has 0 atom stereocenters. The minimum Gasteiger partial charge on any atom is -0.203 e. The molecule has 0 heterocycles. The molecular weight excluding hydrogens is 178 g/mol. The number of nitrogens with one attached hydrogen (secondary N) is 2. The normalized spacial score (nSPS) is 12.5. The van der Waals surface area contributed by atoms with Crippen LogP contribution in [0, 0.1) is 11.3 Å². The van der Waals surface area contributed by atoms with Gasteiger partial charge in [0.15, 0.2) is 0 Å². The Bertz CT molecular complexity index is 276. The molecule has 0 aromatic heterocycles.